The van der Waals surface area contributed by atoms with Crippen LogP contribution in [0.4, 0.5) is 0 Å². The third-order valence-corrected chi connectivity index (χ3v) is 6.09. The van der Waals surface area contributed by atoms with Gasteiger partial charge in [0.2, 0.25) is 11.8 Å². The highest BCUT2D eigenvalue weighted by atomic mass is 35.5. The second-order valence-corrected chi connectivity index (χ2v) is 8.15. The molecule has 2 aliphatic rings. The van der Waals surface area contributed by atoms with E-state index in [1.807, 2.05) is 24.3 Å². The van der Waals surface area contributed by atoms with Crippen LogP contribution >= 0.6 is 23.8 Å². The summed E-state index contributed by atoms with van der Waals surface area (Å²) in [5.74, 6) is -0.122. The lowest BCUT2D eigenvalue weighted by molar-refractivity contribution is -0.138. The van der Waals surface area contributed by atoms with Crippen LogP contribution in [0.5, 0.6) is 0 Å². The minimum atomic E-state index is -0.123. The zero-order valence-corrected chi connectivity index (χ0v) is 17.5. The van der Waals surface area contributed by atoms with Gasteiger partial charge in [0.05, 0.1) is 19.1 Å². The van der Waals surface area contributed by atoms with Gasteiger partial charge in [-0.25, -0.2) is 0 Å². The first-order chi connectivity index (χ1) is 13.5. The third kappa shape index (κ3) is 5.01. The average molecular weight is 424 g/mol. The molecule has 1 aliphatic carbocycles. The van der Waals surface area contributed by atoms with Crippen LogP contribution in [0.2, 0.25) is 5.02 Å². The topological polar surface area (TPSA) is 70.7 Å². The van der Waals surface area contributed by atoms with Gasteiger partial charge in [0, 0.05) is 30.6 Å². The first kappa shape index (κ1) is 21.0. The molecule has 1 aliphatic heterocycles. The second-order valence-electron chi connectivity index (χ2n) is 7.32. The van der Waals surface area contributed by atoms with Crippen molar-refractivity contribution in [3.05, 3.63) is 34.9 Å². The molecule has 3 atom stereocenters. The van der Waals surface area contributed by atoms with Crippen molar-refractivity contribution in [2.75, 3.05) is 26.8 Å². The van der Waals surface area contributed by atoms with E-state index in [0.717, 1.165) is 12.0 Å². The summed E-state index contributed by atoms with van der Waals surface area (Å²) in [5.41, 5.74) is 1.13. The van der Waals surface area contributed by atoms with Gasteiger partial charge >= 0.3 is 0 Å². The summed E-state index contributed by atoms with van der Waals surface area (Å²) in [6.07, 6.45) is 2.79. The monoisotopic (exact) mass is 423 g/mol. The number of benzene rings is 1. The number of thiocarbonyl (C=S) groups is 1. The number of fused-ring (bicyclic) bond motifs is 1. The molecule has 3 rings (SSSR count). The maximum atomic E-state index is 12.7. The van der Waals surface area contributed by atoms with E-state index in [2.05, 4.69) is 10.6 Å². The fourth-order valence-electron chi connectivity index (χ4n) is 3.92. The third-order valence-electron chi connectivity index (χ3n) is 5.50. The molecule has 2 N–H and O–H groups in total. The lowest BCUT2D eigenvalue weighted by Gasteiger charge is -2.43. The van der Waals surface area contributed by atoms with Gasteiger partial charge in [-0.2, -0.15) is 0 Å². The number of hydrogen-bond donors (Lipinski definition) is 2. The molecule has 8 heteroatoms. The van der Waals surface area contributed by atoms with Crippen molar-refractivity contribution in [2.45, 2.75) is 31.7 Å². The van der Waals surface area contributed by atoms with Gasteiger partial charge in [-0.05, 0) is 55.6 Å². The van der Waals surface area contributed by atoms with E-state index in [-0.39, 0.29) is 29.7 Å². The predicted octanol–water partition coefficient (Wildman–Crippen LogP) is 2.15. The number of ether oxygens (including phenoxy) is 1. The van der Waals surface area contributed by atoms with E-state index >= 15 is 0 Å². The Labute approximate surface area is 175 Å². The standard InChI is InChI=1S/C20H26ClN3O3S/c1-27-11-10-24-19(26)16-7-4-14(12-17(16)23-20(24)28)18(25)22-9-8-13-2-5-15(21)6-3-13/h2-3,5-6,14,16-17H,4,7-12H2,1H3,(H,22,25)(H,23,28). The summed E-state index contributed by atoms with van der Waals surface area (Å²) < 4.78 is 5.06. The van der Waals surface area contributed by atoms with E-state index in [1.165, 1.54) is 0 Å². The Morgan fingerprint density at radius 1 is 1.36 bits per heavy atom. The summed E-state index contributed by atoms with van der Waals surface area (Å²) >= 11 is 11.2. The first-order valence-corrected chi connectivity index (χ1v) is 10.4. The number of nitrogens with zero attached hydrogens (tertiary/aromatic N) is 1. The van der Waals surface area contributed by atoms with Crippen LogP contribution in [0.25, 0.3) is 0 Å². The molecule has 152 valence electrons. The van der Waals surface area contributed by atoms with Gasteiger partial charge in [-0.3, -0.25) is 14.5 Å². The minimum absolute atomic E-state index is 0.0485. The number of rotatable bonds is 7. The Kier molecular flexibility index (Phi) is 7.26. The van der Waals surface area contributed by atoms with Crippen molar-refractivity contribution < 1.29 is 14.3 Å². The van der Waals surface area contributed by atoms with E-state index < -0.39 is 0 Å². The lowest BCUT2D eigenvalue weighted by atomic mass is 9.76. The van der Waals surface area contributed by atoms with Crippen molar-refractivity contribution in [3.63, 3.8) is 0 Å². The number of halogens is 1. The van der Waals surface area contributed by atoms with E-state index in [9.17, 15) is 9.59 Å². The van der Waals surface area contributed by atoms with Crippen molar-refractivity contribution in [2.24, 2.45) is 11.8 Å². The van der Waals surface area contributed by atoms with Crippen LogP contribution in [-0.4, -0.2) is 54.7 Å². The van der Waals surface area contributed by atoms with E-state index in [0.29, 0.717) is 49.1 Å². The molecular formula is C20H26ClN3O3S. The van der Waals surface area contributed by atoms with E-state index in [4.69, 9.17) is 28.6 Å². The van der Waals surface area contributed by atoms with Gasteiger partial charge in [-0.15, -0.1) is 0 Å². The maximum Gasteiger partial charge on any atom is 0.233 e. The summed E-state index contributed by atoms with van der Waals surface area (Å²) in [6, 6.07) is 7.57. The number of carbonyl (C=O) groups is 2. The van der Waals surface area contributed by atoms with Crippen LogP contribution in [0.1, 0.15) is 24.8 Å². The molecule has 2 amide bonds. The molecule has 1 aromatic rings. The van der Waals surface area contributed by atoms with Crippen LogP contribution in [0.3, 0.4) is 0 Å². The molecule has 1 aromatic carbocycles. The van der Waals surface area contributed by atoms with Gasteiger partial charge in [0.15, 0.2) is 5.11 Å². The molecule has 0 aromatic heterocycles. The molecule has 6 nitrogen and oxygen atoms in total. The van der Waals surface area contributed by atoms with Crippen molar-refractivity contribution in [3.8, 4) is 0 Å². The minimum Gasteiger partial charge on any atom is -0.383 e. The molecule has 0 radical (unpaired) electrons. The molecule has 28 heavy (non-hydrogen) atoms. The van der Waals surface area contributed by atoms with Gasteiger partial charge in [-0.1, -0.05) is 23.7 Å². The Balaban J connectivity index is 1.49. The predicted molar refractivity (Wildman–Crippen MR) is 112 cm³/mol. The zero-order chi connectivity index (χ0) is 20.1. The van der Waals surface area contributed by atoms with Gasteiger partial charge in [0.25, 0.3) is 0 Å². The zero-order valence-electron chi connectivity index (χ0n) is 15.9. The molecule has 0 spiro atoms. The molecule has 3 unspecified atom stereocenters. The summed E-state index contributed by atoms with van der Waals surface area (Å²) in [6.45, 7) is 1.49. The molecule has 2 fully saturated rings. The summed E-state index contributed by atoms with van der Waals surface area (Å²) in [4.78, 5) is 26.9. The van der Waals surface area contributed by atoms with Crippen molar-refractivity contribution in [1.82, 2.24) is 15.5 Å². The fourth-order valence-corrected chi connectivity index (χ4v) is 4.38. The Bertz CT molecular complexity index is 728. The molecule has 1 saturated heterocycles. The highest BCUT2D eigenvalue weighted by Crippen LogP contribution is 2.33. The van der Waals surface area contributed by atoms with Gasteiger partial charge in [0.1, 0.15) is 0 Å². The smallest absolute Gasteiger partial charge is 0.233 e. The molecule has 0 bridgehead atoms. The fraction of sp³-hybridized carbons (Fsp3) is 0.550. The summed E-state index contributed by atoms with van der Waals surface area (Å²) in [5, 5.41) is 7.44. The largest absolute Gasteiger partial charge is 0.383 e. The molecule has 1 heterocycles. The van der Waals surface area contributed by atoms with Crippen LogP contribution in [0.15, 0.2) is 24.3 Å². The molecule has 1 saturated carbocycles. The average Bonchev–Trinajstić information content (AvgIpc) is 2.69. The number of amides is 2. The summed E-state index contributed by atoms with van der Waals surface area (Å²) in [7, 11) is 1.60. The quantitative estimate of drug-likeness (QED) is 0.657. The normalized spacial score (nSPS) is 24.5. The van der Waals surface area contributed by atoms with Crippen molar-refractivity contribution >= 4 is 40.7 Å². The van der Waals surface area contributed by atoms with E-state index in [1.54, 1.807) is 12.0 Å². The second kappa shape index (κ2) is 9.67. The maximum absolute atomic E-state index is 12.7. The Morgan fingerprint density at radius 3 is 2.82 bits per heavy atom. The first-order valence-electron chi connectivity index (χ1n) is 9.62. The number of hydrogen-bond acceptors (Lipinski definition) is 4. The Hall–Kier alpha value is -1.70. The SMILES string of the molecule is COCCN1C(=O)C2CCC(C(=O)NCCc3ccc(Cl)cc3)CC2NC1=S. The highest BCUT2D eigenvalue weighted by molar-refractivity contribution is 7.80. The van der Waals surface area contributed by atoms with Gasteiger partial charge < -0.3 is 15.4 Å². The van der Waals surface area contributed by atoms with Crippen molar-refractivity contribution in [1.29, 1.82) is 0 Å². The number of nitrogens with one attached hydrogen (secondary N) is 2. The van der Waals surface area contributed by atoms with Crippen LogP contribution in [-0.2, 0) is 20.7 Å². The van der Waals surface area contributed by atoms with Crippen LogP contribution < -0.4 is 10.6 Å². The Morgan fingerprint density at radius 2 is 2.11 bits per heavy atom. The van der Waals surface area contributed by atoms with Crippen LogP contribution in [0, 0.1) is 11.8 Å². The lowest BCUT2D eigenvalue weighted by Crippen LogP contribution is -2.62. The highest BCUT2D eigenvalue weighted by Gasteiger charge is 2.43. The number of methoxy groups -OCH3 is 1. The number of carbonyl (C=O) groups excluding carboxylic acids is 2. The molecular weight excluding hydrogens is 398 g/mol.